The SMILES string of the molecule is C=C1C[C@@H](C2[NH2+]CCO2)N(C(=O)c2cc(OC)c(OCCCCCOc3cc(NC(=O)OCCCSSc4ccccn4)c(C(=O)O)cc3OC)cc2N)C1. The van der Waals surface area contributed by atoms with Crippen LogP contribution in [0.3, 0.4) is 0 Å². The standard InChI is InChI=1S/C38H47N5O10S2/c1-24-18-29(35-41-12-16-52-35)43(23-24)36(44)25-19-30(48-2)32(21-27(25)39)50-13-7-4-8-14-51-33-22-28(26(37(45)46)20-31(33)49-3)42-38(47)53-15-9-17-54-55-34-10-5-6-11-40-34/h5-6,10-11,19-22,29,35,41H,1,4,7-9,12-18,23,39H2,2-3H3,(H,42,47)(H,45,46)/p+1/t29-,35?/m0/s1. The molecule has 0 saturated carbocycles. The zero-order chi connectivity index (χ0) is 39.2. The van der Waals surface area contributed by atoms with Crippen LogP contribution in [0.15, 0.2) is 65.8 Å². The Morgan fingerprint density at radius 3 is 2.38 bits per heavy atom. The first-order chi connectivity index (χ1) is 26.7. The maximum absolute atomic E-state index is 13.6. The van der Waals surface area contributed by atoms with Gasteiger partial charge < -0.3 is 49.5 Å². The van der Waals surface area contributed by atoms with Gasteiger partial charge in [0.15, 0.2) is 23.0 Å². The van der Waals surface area contributed by atoms with Crippen LogP contribution < -0.4 is 35.3 Å². The summed E-state index contributed by atoms with van der Waals surface area (Å²) in [5.41, 5.74) is 7.83. The Hall–Kier alpha value is -4.84. The van der Waals surface area contributed by atoms with Gasteiger partial charge in [-0.1, -0.05) is 29.0 Å². The predicted molar refractivity (Wildman–Crippen MR) is 209 cm³/mol. The number of nitrogen functional groups attached to an aromatic ring is 1. The van der Waals surface area contributed by atoms with E-state index in [-0.39, 0.29) is 53.2 Å². The quantitative estimate of drug-likeness (QED) is 0.0511. The molecular formula is C38H48N5O10S2+. The zero-order valence-electron chi connectivity index (χ0n) is 31.0. The van der Waals surface area contributed by atoms with Crippen LogP contribution in [0.1, 0.15) is 52.8 Å². The van der Waals surface area contributed by atoms with E-state index in [2.05, 4.69) is 22.2 Å². The number of hydrogen-bond donors (Lipinski definition) is 4. The average molecular weight is 799 g/mol. The summed E-state index contributed by atoms with van der Waals surface area (Å²) in [5.74, 6) is 0.597. The maximum Gasteiger partial charge on any atom is 0.411 e. The number of benzene rings is 2. The highest BCUT2D eigenvalue weighted by atomic mass is 33.1. The average Bonchev–Trinajstić information content (AvgIpc) is 3.86. The number of carbonyl (C=O) groups is 3. The lowest BCUT2D eigenvalue weighted by atomic mass is 10.1. The Kier molecular flexibility index (Phi) is 15.6. The summed E-state index contributed by atoms with van der Waals surface area (Å²) in [6.45, 7) is 6.87. The van der Waals surface area contributed by atoms with Crippen LogP contribution in [-0.4, -0.2) is 105 Å². The van der Waals surface area contributed by atoms with Gasteiger partial charge in [-0.15, -0.1) is 0 Å². The molecule has 0 spiro atoms. The third-order valence-electron chi connectivity index (χ3n) is 8.79. The molecule has 15 nitrogen and oxygen atoms in total. The van der Waals surface area contributed by atoms with Crippen LogP contribution in [0.5, 0.6) is 23.0 Å². The number of aromatic carboxylic acids is 1. The second-order valence-electron chi connectivity index (χ2n) is 12.7. The molecule has 3 heterocycles. The van der Waals surface area contributed by atoms with E-state index in [1.807, 2.05) is 18.2 Å². The largest absolute Gasteiger partial charge is 0.493 e. The van der Waals surface area contributed by atoms with E-state index < -0.39 is 12.1 Å². The molecule has 1 unspecified atom stereocenters. The number of rotatable bonds is 20. The lowest BCUT2D eigenvalue weighted by Crippen LogP contribution is -2.90. The number of nitrogens with zero attached hydrogens (tertiary/aromatic N) is 2. The molecule has 3 aromatic rings. The van der Waals surface area contributed by atoms with Crippen LogP contribution in [0.4, 0.5) is 16.2 Å². The lowest BCUT2D eigenvalue weighted by Gasteiger charge is -2.27. The van der Waals surface area contributed by atoms with E-state index >= 15 is 0 Å². The highest BCUT2D eigenvalue weighted by Crippen LogP contribution is 2.36. The van der Waals surface area contributed by atoms with E-state index in [1.54, 1.807) is 34.0 Å². The molecule has 2 aliphatic rings. The molecule has 2 aromatic carbocycles. The van der Waals surface area contributed by atoms with Crippen molar-refractivity contribution in [3.63, 3.8) is 0 Å². The molecule has 6 N–H and O–H groups in total. The van der Waals surface area contributed by atoms with Crippen molar-refractivity contribution in [1.82, 2.24) is 9.88 Å². The fourth-order valence-electron chi connectivity index (χ4n) is 6.09. The number of carbonyl (C=O) groups excluding carboxylic acids is 2. The minimum Gasteiger partial charge on any atom is -0.493 e. The van der Waals surface area contributed by atoms with E-state index in [0.717, 1.165) is 29.3 Å². The van der Waals surface area contributed by atoms with Crippen LogP contribution in [-0.2, 0) is 9.47 Å². The van der Waals surface area contributed by atoms with Crippen LogP contribution in [0.2, 0.25) is 0 Å². The molecule has 1 aromatic heterocycles. The van der Waals surface area contributed by atoms with Crippen molar-refractivity contribution in [2.75, 3.05) is 70.5 Å². The number of carboxylic acid groups (broad SMARTS) is 1. The van der Waals surface area contributed by atoms with E-state index in [4.69, 9.17) is 34.2 Å². The highest BCUT2D eigenvalue weighted by molar-refractivity contribution is 8.76. The van der Waals surface area contributed by atoms with Gasteiger partial charge in [-0.3, -0.25) is 10.1 Å². The summed E-state index contributed by atoms with van der Waals surface area (Å²) >= 11 is 0. The zero-order valence-corrected chi connectivity index (χ0v) is 32.6. The molecular weight excluding hydrogens is 751 g/mol. The number of ether oxygens (including phenoxy) is 6. The third-order valence-corrected chi connectivity index (χ3v) is 11.1. The number of aromatic nitrogens is 1. The third kappa shape index (κ3) is 11.6. The fraction of sp³-hybridized carbons (Fsp3) is 0.421. The van der Waals surface area contributed by atoms with Crippen molar-refractivity contribution < 1.29 is 53.2 Å². The van der Waals surface area contributed by atoms with Crippen molar-refractivity contribution in [2.24, 2.45) is 0 Å². The normalized spacial score (nSPS) is 16.5. The van der Waals surface area contributed by atoms with Crippen molar-refractivity contribution >= 4 is 50.9 Å². The lowest BCUT2D eigenvalue weighted by molar-refractivity contribution is -0.694. The molecule has 0 aliphatic carbocycles. The summed E-state index contributed by atoms with van der Waals surface area (Å²) < 4.78 is 34.0. The second kappa shape index (κ2) is 20.7. The molecule has 5 rings (SSSR count). The van der Waals surface area contributed by atoms with Gasteiger partial charge in [0.25, 0.3) is 5.91 Å². The van der Waals surface area contributed by atoms with Gasteiger partial charge in [-0.05, 0) is 61.1 Å². The topological polar surface area (TPSA) is 198 Å². The smallest absolute Gasteiger partial charge is 0.411 e. The Morgan fingerprint density at radius 1 is 1.00 bits per heavy atom. The number of pyridine rings is 1. The van der Waals surface area contributed by atoms with Crippen LogP contribution >= 0.6 is 21.6 Å². The van der Waals surface area contributed by atoms with Gasteiger partial charge in [0.2, 0.25) is 6.23 Å². The first kappa shape index (κ1) is 41.3. The van der Waals surface area contributed by atoms with Gasteiger partial charge >= 0.3 is 12.1 Å². The van der Waals surface area contributed by atoms with E-state index in [0.29, 0.717) is 69.1 Å². The van der Waals surface area contributed by atoms with Crippen LogP contribution in [0.25, 0.3) is 0 Å². The Morgan fingerprint density at radius 2 is 1.73 bits per heavy atom. The van der Waals surface area contributed by atoms with Crippen molar-refractivity contribution in [2.45, 2.75) is 49.4 Å². The molecule has 2 amide bonds. The Labute approximate surface area is 328 Å². The first-order valence-electron chi connectivity index (χ1n) is 17.9. The summed E-state index contributed by atoms with van der Waals surface area (Å²) in [6.07, 6.45) is 4.17. The minimum atomic E-state index is -1.25. The number of methoxy groups -OCH3 is 2. The summed E-state index contributed by atoms with van der Waals surface area (Å²) in [5, 5.41) is 15.3. The van der Waals surface area contributed by atoms with Gasteiger partial charge in [-0.2, -0.15) is 0 Å². The van der Waals surface area contributed by atoms with E-state index in [1.165, 1.54) is 37.1 Å². The summed E-state index contributed by atoms with van der Waals surface area (Å²) in [6, 6.07) is 11.5. The first-order valence-corrected chi connectivity index (χ1v) is 20.3. The number of hydrogen-bond acceptors (Lipinski definition) is 13. The number of nitrogens with one attached hydrogen (secondary N) is 1. The van der Waals surface area contributed by atoms with Gasteiger partial charge in [0, 0.05) is 42.4 Å². The predicted octanol–water partition coefficient (Wildman–Crippen LogP) is 5.08. The van der Waals surface area contributed by atoms with Crippen molar-refractivity contribution in [3.05, 3.63) is 71.9 Å². The van der Waals surface area contributed by atoms with Crippen LogP contribution in [0, 0.1) is 0 Å². The summed E-state index contributed by atoms with van der Waals surface area (Å²) in [4.78, 5) is 44.2. The molecule has 2 aliphatic heterocycles. The molecule has 296 valence electrons. The maximum atomic E-state index is 13.6. The Balaban J connectivity index is 1.06. The number of unbranched alkanes of at least 4 members (excludes halogenated alkanes) is 2. The van der Waals surface area contributed by atoms with Gasteiger partial charge in [-0.25, -0.2) is 14.6 Å². The molecule has 2 fully saturated rings. The number of anilines is 2. The van der Waals surface area contributed by atoms with Gasteiger partial charge in [0.1, 0.15) is 24.2 Å². The minimum absolute atomic E-state index is 0.0229. The number of carboxylic acids is 1. The van der Waals surface area contributed by atoms with Crippen molar-refractivity contribution in [1.29, 1.82) is 0 Å². The molecule has 17 heteroatoms. The highest BCUT2D eigenvalue weighted by Gasteiger charge is 2.42. The number of likely N-dealkylation sites (tertiary alicyclic amines) is 1. The fourth-order valence-corrected chi connectivity index (χ4v) is 8.03. The number of amides is 2. The molecule has 55 heavy (non-hydrogen) atoms. The van der Waals surface area contributed by atoms with Crippen molar-refractivity contribution in [3.8, 4) is 23.0 Å². The van der Waals surface area contributed by atoms with Gasteiger partial charge in [0.05, 0.1) is 50.9 Å². The second-order valence-corrected chi connectivity index (χ2v) is 15.1. The molecule has 0 radical (unpaired) electrons. The number of quaternary nitrogens is 1. The molecule has 0 bridgehead atoms. The molecule has 2 saturated heterocycles. The molecule has 2 atom stereocenters. The number of nitrogens with two attached hydrogens (primary N) is 2. The Bertz CT molecular complexity index is 1790. The summed E-state index contributed by atoms with van der Waals surface area (Å²) in [7, 11) is 6.06. The monoisotopic (exact) mass is 798 g/mol. The van der Waals surface area contributed by atoms with E-state index in [9.17, 15) is 19.5 Å².